The molecule has 7 nitrogen and oxygen atoms in total. The molecular weight excluding hydrogens is 564 g/mol. The van der Waals surface area contributed by atoms with Crippen LogP contribution in [0.1, 0.15) is 43.4 Å². The summed E-state index contributed by atoms with van der Waals surface area (Å²) in [5.41, 5.74) is 2.06. The summed E-state index contributed by atoms with van der Waals surface area (Å²) in [6, 6.07) is 25.2. The summed E-state index contributed by atoms with van der Waals surface area (Å²) in [5.74, 6) is -1.51. The average molecular weight is 591 g/mol. The first kappa shape index (κ1) is 27.0. The molecule has 43 heavy (non-hydrogen) atoms. The molecule has 214 valence electrons. The van der Waals surface area contributed by atoms with Crippen LogP contribution < -0.4 is 14.8 Å². The molecule has 0 saturated carbocycles. The molecule has 3 aliphatic rings. The Balaban J connectivity index is 1.56. The SMILES string of the molecule is COc1ccc(OC)c(C(=O)[C@H]2[C@@H](C(=O)c3ccccc3Cl)N3C=Cc4ccccc4[C@@H]3[C@]23C(=O)Nc2ccccc23)c1. The van der Waals surface area contributed by atoms with Crippen molar-refractivity contribution in [2.45, 2.75) is 17.5 Å². The molecule has 3 aliphatic heterocycles. The van der Waals surface area contributed by atoms with Crippen molar-refractivity contribution < 1.29 is 23.9 Å². The number of carbonyl (C=O) groups excluding carboxylic acids is 3. The number of fused-ring (bicyclic) bond motifs is 6. The minimum atomic E-state index is -1.47. The number of carbonyl (C=O) groups is 3. The topological polar surface area (TPSA) is 84.9 Å². The number of nitrogens with zero attached hydrogens (tertiary/aromatic N) is 1. The molecule has 8 heteroatoms. The van der Waals surface area contributed by atoms with Crippen LogP contribution in [-0.2, 0) is 10.2 Å². The smallest absolute Gasteiger partial charge is 0.238 e. The van der Waals surface area contributed by atoms with Gasteiger partial charge in [0.2, 0.25) is 5.91 Å². The third kappa shape index (κ3) is 3.78. The Hall–Kier alpha value is -4.88. The van der Waals surface area contributed by atoms with E-state index in [4.69, 9.17) is 21.1 Å². The van der Waals surface area contributed by atoms with Gasteiger partial charge < -0.3 is 19.7 Å². The summed E-state index contributed by atoms with van der Waals surface area (Å²) in [7, 11) is 2.99. The molecule has 1 saturated heterocycles. The summed E-state index contributed by atoms with van der Waals surface area (Å²) in [4.78, 5) is 46.4. The van der Waals surface area contributed by atoms with Gasteiger partial charge in [-0.15, -0.1) is 0 Å². The van der Waals surface area contributed by atoms with Crippen LogP contribution in [0, 0.1) is 5.92 Å². The van der Waals surface area contributed by atoms with Crippen molar-refractivity contribution in [3.8, 4) is 11.5 Å². The van der Waals surface area contributed by atoms with Gasteiger partial charge in [-0.05, 0) is 59.2 Å². The molecule has 1 fully saturated rings. The number of anilines is 1. The molecule has 1 spiro atoms. The lowest BCUT2D eigenvalue weighted by atomic mass is 9.62. The number of ketones is 2. The maximum Gasteiger partial charge on any atom is 0.238 e. The molecule has 4 aromatic rings. The van der Waals surface area contributed by atoms with Crippen LogP contribution in [0.5, 0.6) is 11.5 Å². The van der Waals surface area contributed by atoms with Crippen LogP contribution in [0.3, 0.4) is 0 Å². The lowest BCUT2D eigenvalue weighted by Gasteiger charge is -2.38. The van der Waals surface area contributed by atoms with Gasteiger partial charge in [0.05, 0.1) is 36.8 Å². The van der Waals surface area contributed by atoms with Crippen LogP contribution in [-0.4, -0.2) is 42.6 Å². The third-order valence-electron chi connectivity index (χ3n) is 8.93. The highest BCUT2D eigenvalue weighted by molar-refractivity contribution is 6.34. The fraction of sp³-hybridized carbons (Fsp3) is 0.171. The van der Waals surface area contributed by atoms with Gasteiger partial charge in [-0.1, -0.05) is 66.2 Å². The number of methoxy groups -OCH3 is 2. The first-order chi connectivity index (χ1) is 20.9. The second-order valence-corrected chi connectivity index (χ2v) is 11.3. The summed E-state index contributed by atoms with van der Waals surface area (Å²) in [5, 5.41) is 3.33. The van der Waals surface area contributed by atoms with E-state index in [1.807, 2.05) is 65.7 Å². The Morgan fingerprint density at radius 2 is 1.60 bits per heavy atom. The van der Waals surface area contributed by atoms with Crippen LogP contribution in [0.25, 0.3) is 6.08 Å². The van der Waals surface area contributed by atoms with Crippen LogP contribution in [0.2, 0.25) is 5.02 Å². The van der Waals surface area contributed by atoms with Crippen molar-refractivity contribution in [1.29, 1.82) is 0 Å². The first-order valence-corrected chi connectivity index (χ1v) is 14.3. The van der Waals surface area contributed by atoms with E-state index in [1.54, 1.807) is 42.5 Å². The normalized spacial score (nSPS) is 22.9. The van der Waals surface area contributed by atoms with Gasteiger partial charge in [0.1, 0.15) is 23.0 Å². The molecule has 0 unspecified atom stereocenters. The second kappa shape index (κ2) is 10.1. The summed E-state index contributed by atoms with van der Waals surface area (Å²) in [6.07, 6.45) is 3.75. The van der Waals surface area contributed by atoms with Gasteiger partial charge in [0.15, 0.2) is 11.6 Å². The quantitative estimate of drug-likeness (QED) is 0.264. The number of halogens is 1. The van der Waals surface area contributed by atoms with E-state index >= 15 is 4.79 Å². The van der Waals surface area contributed by atoms with Crippen molar-refractivity contribution in [2.75, 3.05) is 19.5 Å². The van der Waals surface area contributed by atoms with Crippen LogP contribution in [0.4, 0.5) is 5.69 Å². The van der Waals surface area contributed by atoms with E-state index in [0.29, 0.717) is 22.7 Å². The van der Waals surface area contributed by atoms with Crippen molar-refractivity contribution in [3.05, 3.63) is 130 Å². The lowest BCUT2D eigenvalue weighted by molar-refractivity contribution is -0.122. The Bertz CT molecular complexity index is 1850. The minimum absolute atomic E-state index is 0.220. The summed E-state index contributed by atoms with van der Waals surface area (Å²) < 4.78 is 11.1. The summed E-state index contributed by atoms with van der Waals surface area (Å²) in [6.45, 7) is 0. The number of rotatable bonds is 6. The highest BCUT2D eigenvalue weighted by atomic mass is 35.5. The number of hydrogen-bond donors (Lipinski definition) is 1. The molecule has 4 aromatic carbocycles. The summed E-state index contributed by atoms with van der Waals surface area (Å²) >= 11 is 6.59. The van der Waals surface area contributed by atoms with E-state index in [0.717, 1.165) is 11.1 Å². The molecule has 0 radical (unpaired) electrons. The standard InChI is InChI=1S/C35H27ClN2O5/c1-42-21-15-16-28(43-2)24(19-21)31(39)29-30(32(40)23-11-5-7-13-26(23)36)38-18-17-20-9-3-4-10-22(20)33(38)35(29)25-12-6-8-14-27(25)37-34(35)41/h3-19,29-30,33H,1-2H3,(H,37,41)/t29-,30+,33-,35-/m1/s1. The number of para-hydroxylation sites is 1. The number of hydrogen-bond acceptors (Lipinski definition) is 6. The Labute approximate surface area is 253 Å². The first-order valence-electron chi connectivity index (χ1n) is 13.9. The minimum Gasteiger partial charge on any atom is -0.497 e. The van der Waals surface area contributed by atoms with Crippen molar-refractivity contribution in [3.63, 3.8) is 0 Å². The fourth-order valence-corrected chi connectivity index (χ4v) is 7.39. The maximum atomic E-state index is 15.1. The monoisotopic (exact) mass is 590 g/mol. The van der Waals surface area contributed by atoms with E-state index in [2.05, 4.69) is 5.32 Å². The van der Waals surface area contributed by atoms with E-state index in [-0.39, 0.29) is 27.8 Å². The van der Waals surface area contributed by atoms with E-state index < -0.39 is 29.2 Å². The van der Waals surface area contributed by atoms with Gasteiger partial charge in [-0.2, -0.15) is 0 Å². The molecule has 4 atom stereocenters. The number of benzene rings is 4. The van der Waals surface area contributed by atoms with Crippen molar-refractivity contribution in [1.82, 2.24) is 4.90 Å². The van der Waals surface area contributed by atoms with Crippen LogP contribution >= 0.6 is 11.6 Å². The van der Waals surface area contributed by atoms with Gasteiger partial charge in [-0.3, -0.25) is 14.4 Å². The van der Waals surface area contributed by atoms with Gasteiger partial charge in [0.25, 0.3) is 0 Å². The fourth-order valence-electron chi connectivity index (χ4n) is 7.16. The number of Topliss-reactive ketones (excluding diaryl/α,β-unsaturated/α-hetero) is 2. The largest absolute Gasteiger partial charge is 0.497 e. The predicted molar refractivity (Wildman–Crippen MR) is 164 cm³/mol. The molecule has 1 amide bonds. The Morgan fingerprint density at radius 3 is 2.40 bits per heavy atom. The molecule has 0 aromatic heterocycles. The van der Waals surface area contributed by atoms with E-state index in [9.17, 15) is 9.59 Å². The molecule has 1 N–H and O–H groups in total. The molecule has 0 aliphatic carbocycles. The Kier molecular flexibility index (Phi) is 6.36. The zero-order chi connectivity index (χ0) is 29.9. The van der Waals surface area contributed by atoms with Crippen molar-refractivity contribution in [2.24, 2.45) is 5.92 Å². The molecule has 3 heterocycles. The molecule has 7 rings (SSSR count). The van der Waals surface area contributed by atoms with Gasteiger partial charge in [-0.25, -0.2) is 0 Å². The van der Waals surface area contributed by atoms with E-state index in [1.165, 1.54) is 14.2 Å². The molecule has 0 bridgehead atoms. The number of nitrogens with one attached hydrogen (secondary N) is 1. The number of ether oxygens (including phenoxy) is 2. The van der Waals surface area contributed by atoms with Gasteiger partial charge in [0, 0.05) is 17.5 Å². The zero-order valence-corrected chi connectivity index (χ0v) is 24.2. The van der Waals surface area contributed by atoms with Crippen molar-refractivity contribution >= 4 is 40.8 Å². The average Bonchev–Trinajstić information content (AvgIpc) is 3.52. The lowest BCUT2D eigenvalue weighted by Crippen LogP contribution is -2.49. The van der Waals surface area contributed by atoms with Crippen LogP contribution in [0.15, 0.2) is 97.2 Å². The van der Waals surface area contributed by atoms with Gasteiger partial charge >= 0.3 is 0 Å². The molecular formula is C35H27ClN2O5. The Morgan fingerprint density at radius 1 is 0.860 bits per heavy atom. The maximum absolute atomic E-state index is 15.1. The highest BCUT2D eigenvalue weighted by Crippen LogP contribution is 2.62. The number of amides is 1. The zero-order valence-electron chi connectivity index (χ0n) is 23.4. The highest BCUT2D eigenvalue weighted by Gasteiger charge is 2.71. The predicted octanol–water partition coefficient (Wildman–Crippen LogP) is 6.34. The second-order valence-electron chi connectivity index (χ2n) is 10.9. The third-order valence-corrected chi connectivity index (χ3v) is 9.26.